The first kappa shape index (κ1) is 15.4. The third-order valence-electron chi connectivity index (χ3n) is 5.17. The molecule has 1 saturated heterocycles. The molecule has 0 bridgehead atoms. The first-order chi connectivity index (χ1) is 12.8. The van der Waals surface area contributed by atoms with Crippen LogP contribution in [0.1, 0.15) is 24.0 Å². The van der Waals surface area contributed by atoms with Crippen LogP contribution in [-0.4, -0.2) is 45.6 Å². The fraction of sp³-hybridized carbons (Fsp3) is 0.421. The molecule has 2 aliphatic heterocycles. The van der Waals surface area contributed by atoms with Gasteiger partial charge in [-0.15, -0.1) is 15.3 Å². The van der Waals surface area contributed by atoms with Gasteiger partial charge in [-0.2, -0.15) is 4.52 Å². The van der Waals surface area contributed by atoms with Crippen molar-refractivity contribution >= 4 is 11.5 Å². The van der Waals surface area contributed by atoms with Crippen LogP contribution in [0.15, 0.2) is 30.6 Å². The predicted octanol–water partition coefficient (Wildman–Crippen LogP) is 2.42. The summed E-state index contributed by atoms with van der Waals surface area (Å²) in [6.07, 6.45) is 4.81. The van der Waals surface area contributed by atoms with Gasteiger partial charge in [0.05, 0.1) is 6.61 Å². The lowest BCUT2D eigenvalue weighted by Gasteiger charge is -2.33. The second-order valence-corrected chi connectivity index (χ2v) is 6.96. The summed E-state index contributed by atoms with van der Waals surface area (Å²) in [5.41, 5.74) is 3.18. The number of nitrogens with zero attached hydrogens (tertiary/aromatic N) is 5. The molecule has 26 heavy (non-hydrogen) atoms. The Morgan fingerprint density at radius 1 is 1.19 bits per heavy atom. The summed E-state index contributed by atoms with van der Waals surface area (Å²) in [6, 6.07) is 8.24. The summed E-state index contributed by atoms with van der Waals surface area (Å²) >= 11 is 0. The highest BCUT2D eigenvalue weighted by Crippen LogP contribution is 2.31. The van der Waals surface area contributed by atoms with Crippen LogP contribution in [0.5, 0.6) is 11.5 Å². The summed E-state index contributed by atoms with van der Waals surface area (Å²) < 4.78 is 13.6. The first-order valence-electron chi connectivity index (χ1n) is 9.11. The normalized spacial score (nSPS) is 17.3. The van der Waals surface area contributed by atoms with Gasteiger partial charge in [-0.3, -0.25) is 0 Å². The van der Waals surface area contributed by atoms with Crippen molar-refractivity contribution < 1.29 is 9.47 Å². The highest BCUT2D eigenvalue weighted by Gasteiger charge is 2.24. The zero-order chi connectivity index (χ0) is 17.5. The fourth-order valence-electron chi connectivity index (χ4n) is 3.76. The summed E-state index contributed by atoms with van der Waals surface area (Å²) in [6.45, 7) is 4.70. The summed E-state index contributed by atoms with van der Waals surface area (Å²) in [5, 5.41) is 12.6. The number of anilines is 1. The van der Waals surface area contributed by atoms with E-state index < -0.39 is 0 Å². The molecule has 1 aromatic carbocycles. The van der Waals surface area contributed by atoms with Crippen LogP contribution in [-0.2, 0) is 6.42 Å². The minimum Gasteiger partial charge on any atom is -0.493 e. The van der Waals surface area contributed by atoms with Crippen molar-refractivity contribution in [2.75, 3.05) is 24.6 Å². The van der Waals surface area contributed by atoms with Gasteiger partial charge in [-0.05, 0) is 30.2 Å². The molecule has 1 fully saturated rings. The molecule has 0 radical (unpaired) electrons. The van der Waals surface area contributed by atoms with Crippen LogP contribution in [0.2, 0.25) is 0 Å². The summed E-state index contributed by atoms with van der Waals surface area (Å²) in [5.74, 6) is 2.88. The van der Waals surface area contributed by atoms with Crippen molar-refractivity contribution in [3.8, 4) is 11.5 Å². The minimum atomic E-state index is 0.227. The lowest BCUT2D eigenvalue weighted by atomic mass is 10.1. The van der Waals surface area contributed by atoms with Crippen LogP contribution < -0.4 is 14.4 Å². The molecule has 0 spiro atoms. The van der Waals surface area contributed by atoms with Gasteiger partial charge in [0, 0.05) is 38.4 Å². The van der Waals surface area contributed by atoms with E-state index >= 15 is 0 Å². The fourth-order valence-corrected chi connectivity index (χ4v) is 3.76. The largest absolute Gasteiger partial charge is 0.493 e. The maximum Gasteiger partial charge on any atom is 0.177 e. The second-order valence-electron chi connectivity index (χ2n) is 6.96. The van der Waals surface area contributed by atoms with Crippen molar-refractivity contribution in [1.82, 2.24) is 19.8 Å². The highest BCUT2D eigenvalue weighted by atomic mass is 16.5. The number of hydrogen-bond acceptors (Lipinski definition) is 6. The number of aromatic nitrogens is 4. The number of hydrogen-bond donors (Lipinski definition) is 0. The molecule has 2 aliphatic rings. The Bertz CT molecular complexity index is 946. The second kappa shape index (κ2) is 6.16. The van der Waals surface area contributed by atoms with Crippen molar-refractivity contribution in [1.29, 1.82) is 0 Å². The topological polar surface area (TPSA) is 64.8 Å². The van der Waals surface area contributed by atoms with Gasteiger partial charge in [0.1, 0.15) is 23.9 Å². The average Bonchev–Trinajstić information content (AvgIpc) is 3.30. The monoisotopic (exact) mass is 351 g/mol. The van der Waals surface area contributed by atoms with E-state index in [1.54, 1.807) is 10.8 Å². The lowest BCUT2D eigenvalue weighted by molar-refractivity contribution is 0.170. The SMILES string of the molecule is Cc1cc2nncn2nc1N1CCC(Oc2ccc3c(c2)OCC3)CC1. The van der Waals surface area contributed by atoms with Crippen LogP contribution in [0.25, 0.3) is 5.65 Å². The van der Waals surface area contributed by atoms with Crippen LogP contribution in [0, 0.1) is 6.92 Å². The molecule has 134 valence electrons. The van der Waals surface area contributed by atoms with Crippen LogP contribution in [0.4, 0.5) is 5.82 Å². The molecular formula is C19H21N5O2. The zero-order valence-corrected chi connectivity index (χ0v) is 14.8. The van der Waals surface area contributed by atoms with Crippen molar-refractivity contribution in [3.63, 3.8) is 0 Å². The Balaban J connectivity index is 1.26. The number of fused-ring (bicyclic) bond motifs is 2. The van der Waals surface area contributed by atoms with E-state index in [-0.39, 0.29) is 6.10 Å². The van der Waals surface area contributed by atoms with Gasteiger partial charge in [0.15, 0.2) is 11.5 Å². The maximum absolute atomic E-state index is 6.20. The molecule has 0 atom stereocenters. The molecule has 0 saturated carbocycles. The molecule has 5 rings (SSSR count). The number of rotatable bonds is 3. The molecule has 0 aliphatic carbocycles. The predicted molar refractivity (Wildman–Crippen MR) is 97.0 cm³/mol. The number of ether oxygens (including phenoxy) is 2. The van der Waals surface area contributed by atoms with E-state index in [1.165, 1.54) is 5.56 Å². The van der Waals surface area contributed by atoms with Gasteiger partial charge in [-0.1, -0.05) is 6.07 Å². The third kappa shape index (κ3) is 2.73. The van der Waals surface area contributed by atoms with Gasteiger partial charge < -0.3 is 14.4 Å². The Kier molecular flexibility index (Phi) is 3.65. The van der Waals surface area contributed by atoms with E-state index in [0.717, 1.165) is 67.5 Å². The van der Waals surface area contributed by atoms with Crippen molar-refractivity contribution in [3.05, 3.63) is 41.7 Å². The van der Waals surface area contributed by atoms with E-state index in [4.69, 9.17) is 9.47 Å². The number of benzene rings is 1. The van der Waals surface area contributed by atoms with Gasteiger partial charge in [0.2, 0.25) is 0 Å². The van der Waals surface area contributed by atoms with E-state index in [1.807, 2.05) is 12.1 Å². The Hall–Kier alpha value is -2.83. The molecule has 2 aromatic heterocycles. The number of aryl methyl sites for hydroxylation is 1. The molecule has 4 heterocycles. The molecule has 0 amide bonds. The van der Waals surface area contributed by atoms with E-state index in [0.29, 0.717) is 0 Å². The van der Waals surface area contributed by atoms with Crippen LogP contribution >= 0.6 is 0 Å². The maximum atomic E-state index is 6.20. The molecule has 0 unspecified atom stereocenters. The quantitative estimate of drug-likeness (QED) is 0.722. The Morgan fingerprint density at radius 3 is 2.96 bits per heavy atom. The smallest absolute Gasteiger partial charge is 0.177 e. The van der Waals surface area contributed by atoms with Crippen molar-refractivity contribution in [2.45, 2.75) is 32.3 Å². The summed E-state index contributed by atoms with van der Waals surface area (Å²) in [7, 11) is 0. The molecule has 7 heteroatoms. The number of piperidine rings is 1. The highest BCUT2D eigenvalue weighted by molar-refractivity contribution is 5.52. The Labute approximate surface area is 151 Å². The molecule has 7 nitrogen and oxygen atoms in total. The average molecular weight is 351 g/mol. The zero-order valence-electron chi connectivity index (χ0n) is 14.8. The van der Waals surface area contributed by atoms with Crippen molar-refractivity contribution in [2.24, 2.45) is 0 Å². The molecule has 0 N–H and O–H groups in total. The van der Waals surface area contributed by atoms with Gasteiger partial charge in [0.25, 0.3) is 0 Å². The minimum absolute atomic E-state index is 0.227. The van der Waals surface area contributed by atoms with Gasteiger partial charge >= 0.3 is 0 Å². The Morgan fingerprint density at radius 2 is 2.08 bits per heavy atom. The molecular weight excluding hydrogens is 330 g/mol. The van der Waals surface area contributed by atoms with Gasteiger partial charge in [-0.25, -0.2) is 0 Å². The van der Waals surface area contributed by atoms with Crippen LogP contribution in [0.3, 0.4) is 0 Å². The standard InChI is InChI=1S/C19H21N5O2/c1-13-10-18-21-20-12-24(18)22-19(13)23-7-4-15(5-8-23)26-16-3-2-14-6-9-25-17(14)11-16/h2-3,10-12,15H,4-9H2,1H3. The first-order valence-corrected chi connectivity index (χ1v) is 9.11. The summed E-state index contributed by atoms with van der Waals surface area (Å²) in [4.78, 5) is 2.32. The third-order valence-corrected chi connectivity index (χ3v) is 5.17. The lowest BCUT2D eigenvalue weighted by Crippen LogP contribution is -2.39. The van der Waals surface area contributed by atoms with E-state index in [9.17, 15) is 0 Å². The molecule has 3 aromatic rings. The van der Waals surface area contributed by atoms with E-state index in [2.05, 4.69) is 39.3 Å².